The first-order valence-corrected chi connectivity index (χ1v) is 10.8. The van der Waals surface area contributed by atoms with Crippen LogP contribution in [-0.4, -0.2) is 16.7 Å². The minimum atomic E-state index is -0.435. The average Bonchev–Trinajstić information content (AvgIpc) is 3.27. The van der Waals surface area contributed by atoms with Gasteiger partial charge in [-0.2, -0.15) is 0 Å². The number of Topliss-reactive ketones (excluding diaryl/α,β-unsaturated/α-hetero) is 1. The number of primary amides is 1. The maximum Gasteiger partial charge on any atom is 0.264 e. The van der Waals surface area contributed by atoms with Crippen LogP contribution in [0.3, 0.4) is 0 Å². The summed E-state index contributed by atoms with van der Waals surface area (Å²) in [5.74, 6) is -1.27. The molecule has 5 heteroatoms. The first kappa shape index (κ1) is 21.5. The van der Waals surface area contributed by atoms with E-state index in [0.29, 0.717) is 23.9 Å². The number of para-hydroxylation sites is 2. The van der Waals surface area contributed by atoms with Crippen LogP contribution in [0.25, 0.3) is 11.1 Å². The van der Waals surface area contributed by atoms with Crippen molar-refractivity contribution in [3.8, 4) is 0 Å². The fourth-order valence-corrected chi connectivity index (χ4v) is 4.21. The van der Waals surface area contributed by atoms with E-state index < -0.39 is 5.92 Å². The summed E-state index contributed by atoms with van der Waals surface area (Å²) < 4.78 is 5.77. The Morgan fingerprint density at radius 3 is 2.06 bits per heavy atom. The van der Waals surface area contributed by atoms with Crippen LogP contribution in [0.5, 0.6) is 0 Å². The van der Waals surface area contributed by atoms with Crippen LogP contribution in [0, 0.1) is 5.92 Å². The number of nitrogens with zero attached hydrogens (tertiary/aromatic N) is 1. The maximum absolute atomic E-state index is 13.5. The number of oxazole rings is 1. The molecule has 4 rings (SSSR count). The fraction of sp³-hybridized carbons (Fsp3) is 0.222. The number of nitrogens with two attached hydrogens (primary N) is 1. The molecule has 0 saturated heterocycles. The monoisotopic (exact) mass is 426 g/mol. The Morgan fingerprint density at radius 1 is 0.844 bits per heavy atom. The molecule has 0 saturated carbocycles. The van der Waals surface area contributed by atoms with Crippen molar-refractivity contribution in [3.63, 3.8) is 0 Å². The first-order valence-electron chi connectivity index (χ1n) is 10.8. The lowest BCUT2D eigenvalue weighted by molar-refractivity contribution is -0.122. The van der Waals surface area contributed by atoms with E-state index in [0.717, 1.165) is 11.1 Å². The van der Waals surface area contributed by atoms with Crippen molar-refractivity contribution < 1.29 is 14.0 Å². The zero-order valence-corrected chi connectivity index (χ0v) is 18.0. The highest BCUT2D eigenvalue weighted by atomic mass is 16.4. The number of carbonyl (C=O) groups excluding carboxylic acids is 2. The number of carbonyl (C=O) groups is 2. The van der Waals surface area contributed by atoms with Gasteiger partial charge >= 0.3 is 0 Å². The Morgan fingerprint density at radius 2 is 1.44 bits per heavy atom. The SMILES string of the molecule is CC(C(N)=O)C(CCC(C(=O)c1nc2ccccc2o1)c1ccccc1)c1ccccc1. The summed E-state index contributed by atoms with van der Waals surface area (Å²) >= 11 is 0. The molecule has 5 nitrogen and oxygen atoms in total. The molecule has 4 aromatic rings. The molecule has 0 fully saturated rings. The van der Waals surface area contributed by atoms with Crippen LogP contribution < -0.4 is 5.73 Å². The number of ketones is 1. The molecule has 0 bridgehead atoms. The summed E-state index contributed by atoms with van der Waals surface area (Å²) in [6.45, 7) is 1.85. The summed E-state index contributed by atoms with van der Waals surface area (Å²) in [7, 11) is 0. The van der Waals surface area contributed by atoms with Crippen molar-refractivity contribution in [1.29, 1.82) is 0 Å². The molecule has 162 valence electrons. The predicted octanol–water partition coefficient (Wildman–Crippen LogP) is 5.48. The Bertz CT molecular complexity index is 1170. The Kier molecular flexibility index (Phi) is 6.45. The lowest BCUT2D eigenvalue weighted by Crippen LogP contribution is -2.27. The average molecular weight is 427 g/mol. The minimum Gasteiger partial charge on any atom is -0.434 e. The highest BCUT2D eigenvalue weighted by Crippen LogP contribution is 2.35. The number of amides is 1. The van der Waals surface area contributed by atoms with Gasteiger partial charge in [-0.3, -0.25) is 9.59 Å². The number of fused-ring (bicyclic) bond motifs is 1. The smallest absolute Gasteiger partial charge is 0.264 e. The van der Waals surface area contributed by atoms with Crippen molar-refractivity contribution in [3.05, 3.63) is 102 Å². The topological polar surface area (TPSA) is 86.2 Å². The van der Waals surface area contributed by atoms with Gasteiger partial charge in [-0.25, -0.2) is 4.98 Å². The van der Waals surface area contributed by atoms with Gasteiger partial charge in [0, 0.05) is 5.92 Å². The number of hydrogen-bond acceptors (Lipinski definition) is 4. The van der Waals surface area contributed by atoms with E-state index in [4.69, 9.17) is 10.2 Å². The highest BCUT2D eigenvalue weighted by Gasteiger charge is 2.30. The first-order chi connectivity index (χ1) is 15.5. The van der Waals surface area contributed by atoms with Gasteiger partial charge in [0.1, 0.15) is 5.52 Å². The van der Waals surface area contributed by atoms with Gasteiger partial charge in [0.25, 0.3) is 5.89 Å². The molecule has 0 aliphatic carbocycles. The molecule has 32 heavy (non-hydrogen) atoms. The summed E-state index contributed by atoms with van der Waals surface area (Å²) in [6.07, 6.45) is 1.17. The van der Waals surface area contributed by atoms with Crippen LogP contribution >= 0.6 is 0 Å². The predicted molar refractivity (Wildman–Crippen MR) is 124 cm³/mol. The number of aromatic nitrogens is 1. The third-order valence-corrected chi connectivity index (χ3v) is 6.07. The number of hydrogen-bond donors (Lipinski definition) is 1. The normalized spacial score (nSPS) is 14.0. The van der Waals surface area contributed by atoms with Gasteiger partial charge in [-0.1, -0.05) is 79.7 Å². The van der Waals surface area contributed by atoms with Gasteiger partial charge in [-0.05, 0) is 42.0 Å². The molecular weight excluding hydrogens is 400 g/mol. The van der Waals surface area contributed by atoms with Crippen LogP contribution in [-0.2, 0) is 4.79 Å². The van der Waals surface area contributed by atoms with Gasteiger partial charge in [-0.15, -0.1) is 0 Å². The second-order valence-corrected chi connectivity index (χ2v) is 8.10. The Labute approximate surface area is 187 Å². The molecule has 0 spiro atoms. The second kappa shape index (κ2) is 9.60. The second-order valence-electron chi connectivity index (χ2n) is 8.10. The highest BCUT2D eigenvalue weighted by molar-refractivity contribution is 5.99. The minimum absolute atomic E-state index is 0.0867. The molecule has 1 amide bonds. The third-order valence-electron chi connectivity index (χ3n) is 6.07. The number of benzene rings is 3. The third kappa shape index (κ3) is 4.62. The van der Waals surface area contributed by atoms with Crippen LogP contribution in [0.1, 0.15) is 53.4 Å². The summed E-state index contributed by atoms with van der Waals surface area (Å²) in [4.78, 5) is 30.0. The van der Waals surface area contributed by atoms with Crippen molar-refractivity contribution in [2.45, 2.75) is 31.6 Å². The Hall–Kier alpha value is -3.73. The molecule has 3 atom stereocenters. The molecule has 1 aromatic heterocycles. The molecule has 0 aliphatic heterocycles. The summed E-state index contributed by atoms with van der Waals surface area (Å²) in [5.41, 5.74) is 8.85. The van der Waals surface area contributed by atoms with E-state index >= 15 is 0 Å². The molecule has 0 aliphatic rings. The Balaban J connectivity index is 1.64. The fourth-order valence-electron chi connectivity index (χ4n) is 4.21. The standard InChI is InChI=1S/C27H26N2O3/c1-18(26(28)31)21(19-10-4-2-5-11-19)16-17-22(20-12-6-3-7-13-20)25(30)27-29-23-14-8-9-15-24(23)32-27/h2-15,18,21-22H,16-17H2,1H3,(H2,28,31). The molecule has 2 N–H and O–H groups in total. The van der Waals surface area contributed by atoms with E-state index in [1.807, 2.05) is 85.8 Å². The zero-order chi connectivity index (χ0) is 22.5. The van der Waals surface area contributed by atoms with E-state index in [-0.39, 0.29) is 29.4 Å². The quantitative estimate of drug-likeness (QED) is 0.359. The van der Waals surface area contributed by atoms with Crippen LogP contribution in [0.15, 0.2) is 89.3 Å². The summed E-state index contributed by atoms with van der Waals surface area (Å²) in [6, 6.07) is 26.9. The lowest BCUT2D eigenvalue weighted by Gasteiger charge is -2.24. The van der Waals surface area contributed by atoms with E-state index in [1.54, 1.807) is 6.07 Å². The van der Waals surface area contributed by atoms with Gasteiger partial charge in [0.05, 0.1) is 5.92 Å². The molecule has 1 heterocycles. The van der Waals surface area contributed by atoms with Gasteiger partial charge in [0.15, 0.2) is 5.58 Å². The van der Waals surface area contributed by atoms with E-state index in [1.165, 1.54) is 0 Å². The van der Waals surface area contributed by atoms with Crippen molar-refractivity contribution >= 4 is 22.8 Å². The molecule has 0 radical (unpaired) electrons. The molecule has 3 unspecified atom stereocenters. The van der Waals surface area contributed by atoms with Crippen molar-refractivity contribution in [1.82, 2.24) is 4.98 Å². The van der Waals surface area contributed by atoms with Crippen LogP contribution in [0.4, 0.5) is 0 Å². The van der Waals surface area contributed by atoms with Crippen LogP contribution in [0.2, 0.25) is 0 Å². The van der Waals surface area contributed by atoms with E-state index in [9.17, 15) is 9.59 Å². The van der Waals surface area contributed by atoms with Crippen molar-refractivity contribution in [2.75, 3.05) is 0 Å². The van der Waals surface area contributed by atoms with Gasteiger partial charge < -0.3 is 10.2 Å². The lowest BCUT2D eigenvalue weighted by atomic mass is 9.79. The molecule has 3 aromatic carbocycles. The number of rotatable bonds is 9. The van der Waals surface area contributed by atoms with E-state index in [2.05, 4.69) is 4.98 Å². The van der Waals surface area contributed by atoms with Gasteiger partial charge in [0.2, 0.25) is 11.7 Å². The maximum atomic E-state index is 13.5. The zero-order valence-electron chi connectivity index (χ0n) is 18.0. The van der Waals surface area contributed by atoms with Crippen molar-refractivity contribution in [2.24, 2.45) is 11.7 Å². The largest absolute Gasteiger partial charge is 0.434 e. The molecular formula is C27H26N2O3. The summed E-state index contributed by atoms with van der Waals surface area (Å²) in [5, 5.41) is 0.